The number of aromatic amines is 1. The number of aliphatic hydroxyl groups excluding tert-OH is 1. The van der Waals surface area contributed by atoms with E-state index < -0.39 is 6.10 Å². The number of hydrogen-bond acceptors (Lipinski definition) is 4. The Morgan fingerprint density at radius 2 is 1.96 bits per heavy atom. The molecular formula is C19H18N4O2. The summed E-state index contributed by atoms with van der Waals surface area (Å²) in [6.45, 7) is 1.84. The number of rotatable bonds is 3. The first kappa shape index (κ1) is 15.5. The lowest BCUT2D eigenvalue weighted by Crippen LogP contribution is -2.33. The molecule has 0 radical (unpaired) electrons. The lowest BCUT2D eigenvalue weighted by Gasteiger charge is -2.18. The number of fused-ring (bicyclic) bond motifs is 1. The maximum atomic E-state index is 12.5. The van der Waals surface area contributed by atoms with Crippen LogP contribution in [0.1, 0.15) is 33.4 Å². The summed E-state index contributed by atoms with van der Waals surface area (Å²) in [5.41, 5.74) is 3.44. The van der Waals surface area contributed by atoms with E-state index in [4.69, 9.17) is 0 Å². The monoisotopic (exact) mass is 334 g/mol. The molecule has 1 aromatic heterocycles. The summed E-state index contributed by atoms with van der Waals surface area (Å²) in [5.74, 6) is 1.13. The summed E-state index contributed by atoms with van der Waals surface area (Å²) in [6.07, 6.45) is -0.0404. The zero-order valence-corrected chi connectivity index (χ0v) is 13.7. The number of aromatic nitrogens is 3. The Hall–Kier alpha value is -2.99. The number of aryl methyl sites for hydroxylation is 1. The number of carbonyl (C=O) groups is 1. The molecule has 0 bridgehead atoms. The number of nitrogens with zero attached hydrogens (tertiary/aromatic N) is 2. The zero-order chi connectivity index (χ0) is 17.4. The molecule has 1 aliphatic carbocycles. The van der Waals surface area contributed by atoms with Crippen LogP contribution < -0.4 is 5.32 Å². The number of nitrogens with one attached hydrogen (secondary N) is 2. The molecular weight excluding hydrogens is 316 g/mol. The van der Waals surface area contributed by atoms with Crippen molar-refractivity contribution in [3.8, 4) is 11.4 Å². The predicted octanol–water partition coefficient (Wildman–Crippen LogP) is 2.17. The molecule has 2 aromatic carbocycles. The van der Waals surface area contributed by atoms with Crippen molar-refractivity contribution in [2.75, 3.05) is 0 Å². The fourth-order valence-corrected chi connectivity index (χ4v) is 3.21. The van der Waals surface area contributed by atoms with Crippen LogP contribution in [-0.2, 0) is 6.42 Å². The first-order valence-electron chi connectivity index (χ1n) is 8.18. The number of H-pyrrole nitrogens is 1. The molecule has 4 rings (SSSR count). The third-order valence-electron chi connectivity index (χ3n) is 4.49. The van der Waals surface area contributed by atoms with Crippen LogP contribution in [0.4, 0.5) is 0 Å². The summed E-state index contributed by atoms with van der Waals surface area (Å²) >= 11 is 0. The van der Waals surface area contributed by atoms with Gasteiger partial charge in [-0.2, -0.15) is 5.10 Å². The Kier molecular flexibility index (Phi) is 3.82. The Morgan fingerprint density at radius 1 is 1.20 bits per heavy atom. The normalized spacial score (nSPS) is 18.8. The highest BCUT2D eigenvalue weighted by Gasteiger charge is 2.32. The van der Waals surface area contributed by atoms with Crippen LogP contribution >= 0.6 is 0 Å². The molecule has 6 nitrogen and oxygen atoms in total. The van der Waals surface area contributed by atoms with Crippen LogP contribution in [0, 0.1) is 6.92 Å². The number of hydrogen-bond donors (Lipinski definition) is 3. The Balaban J connectivity index is 1.52. The second kappa shape index (κ2) is 6.14. The molecule has 0 aliphatic heterocycles. The predicted molar refractivity (Wildman–Crippen MR) is 92.9 cm³/mol. The van der Waals surface area contributed by atoms with Gasteiger partial charge in [0.15, 0.2) is 5.82 Å². The topological polar surface area (TPSA) is 90.9 Å². The molecule has 0 fully saturated rings. The third-order valence-corrected chi connectivity index (χ3v) is 4.49. The van der Waals surface area contributed by atoms with E-state index in [1.54, 1.807) is 12.1 Å². The van der Waals surface area contributed by atoms with Crippen molar-refractivity contribution >= 4 is 5.91 Å². The van der Waals surface area contributed by atoms with Gasteiger partial charge in [0.2, 0.25) is 0 Å². The van der Waals surface area contributed by atoms with Crippen molar-refractivity contribution in [1.82, 2.24) is 20.5 Å². The summed E-state index contributed by atoms with van der Waals surface area (Å²) in [6, 6.07) is 14.5. The highest BCUT2D eigenvalue weighted by molar-refractivity contribution is 5.95. The maximum Gasteiger partial charge on any atom is 0.251 e. The van der Waals surface area contributed by atoms with E-state index in [1.165, 1.54) is 0 Å². The van der Waals surface area contributed by atoms with Crippen LogP contribution in [0.5, 0.6) is 0 Å². The van der Waals surface area contributed by atoms with E-state index in [-0.39, 0.29) is 11.9 Å². The minimum atomic E-state index is -0.600. The van der Waals surface area contributed by atoms with E-state index in [2.05, 4.69) is 20.5 Å². The Bertz CT molecular complexity index is 917. The molecule has 6 heteroatoms. The highest BCUT2D eigenvalue weighted by atomic mass is 16.3. The molecule has 2 unspecified atom stereocenters. The molecule has 1 amide bonds. The number of amides is 1. The summed E-state index contributed by atoms with van der Waals surface area (Å²) in [4.78, 5) is 16.8. The molecule has 3 aromatic rings. The van der Waals surface area contributed by atoms with Gasteiger partial charge in [-0.3, -0.25) is 9.89 Å². The van der Waals surface area contributed by atoms with Crippen LogP contribution in [0.2, 0.25) is 0 Å². The maximum absolute atomic E-state index is 12.5. The van der Waals surface area contributed by atoms with E-state index in [1.807, 2.05) is 43.3 Å². The van der Waals surface area contributed by atoms with Gasteiger partial charge >= 0.3 is 0 Å². The van der Waals surface area contributed by atoms with Crippen molar-refractivity contribution in [3.05, 3.63) is 71.0 Å². The SMILES string of the molecule is Cc1nc(-c2ccc(C(=O)NC3c4ccccc4CC3O)cc2)n[nH]1. The lowest BCUT2D eigenvalue weighted by molar-refractivity contribution is 0.0858. The molecule has 2 atom stereocenters. The van der Waals surface area contributed by atoms with Gasteiger partial charge in [0.25, 0.3) is 5.91 Å². The number of aliphatic hydroxyl groups is 1. The van der Waals surface area contributed by atoms with E-state index in [9.17, 15) is 9.90 Å². The highest BCUT2D eigenvalue weighted by Crippen LogP contribution is 2.31. The molecule has 1 aliphatic rings. The van der Waals surface area contributed by atoms with Crippen LogP contribution in [0.25, 0.3) is 11.4 Å². The fourth-order valence-electron chi connectivity index (χ4n) is 3.21. The average molecular weight is 334 g/mol. The second-order valence-corrected chi connectivity index (χ2v) is 6.24. The number of carbonyl (C=O) groups excluding carboxylic acids is 1. The summed E-state index contributed by atoms with van der Waals surface area (Å²) in [5, 5.41) is 20.1. The third kappa shape index (κ3) is 2.92. The standard InChI is InChI=1S/C19H18N4O2/c1-11-20-18(23-22-11)12-6-8-13(9-7-12)19(25)21-17-15-5-3-2-4-14(15)10-16(17)24/h2-9,16-17,24H,10H2,1H3,(H,21,25)(H,20,22,23). The van der Waals surface area contributed by atoms with Gasteiger partial charge in [-0.25, -0.2) is 4.98 Å². The van der Waals surface area contributed by atoms with Gasteiger partial charge in [-0.1, -0.05) is 36.4 Å². The van der Waals surface area contributed by atoms with Crippen LogP contribution in [-0.4, -0.2) is 32.3 Å². The molecule has 0 spiro atoms. The van der Waals surface area contributed by atoms with E-state index in [0.29, 0.717) is 17.8 Å². The van der Waals surface area contributed by atoms with Crippen LogP contribution in [0.15, 0.2) is 48.5 Å². The first-order chi connectivity index (χ1) is 12.1. The van der Waals surface area contributed by atoms with Gasteiger partial charge in [0.1, 0.15) is 5.82 Å². The van der Waals surface area contributed by atoms with Crippen molar-refractivity contribution in [2.45, 2.75) is 25.5 Å². The van der Waals surface area contributed by atoms with E-state index in [0.717, 1.165) is 22.5 Å². The fraction of sp³-hybridized carbons (Fsp3) is 0.211. The molecule has 0 saturated heterocycles. The molecule has 126 valence electrons. The lowest BCUT2D eigenvalue weighted by atomic mass is 10.1. The Labute approximate surface area is 144 Å². The smallest absolute Gasteiger partial charge is 0.251 e. The minimum Gasteiger partial charge on any atom is -0.390 e. The average Bonchev–Trinajstić information content (AvgIpc) is 3.19. The Morgan fingerprint density at radius 3 is 2.68 bits per heavy atom. The quantitative estimate of drug-likeness (QED) is 0.684. The number of benzene rings is 2. The van der Waals surface area contributed by atoms with Gasteiger partial charge < -0.3 is 10.4 Å². The molecule has 0 saturated carbocycles. The van der Waals surface area contributed by atoms with Crippen molar-refractivity contribution in [3.63, 3.8) is 0 Å². The van der Waals surface area contributed by atoms with Gasteiger partial charge in [0, 0.05) is 17.5 Å². The molecule has 3 N–H and O–H groups in total. The zero-order valence-electron chi connectivity index (χ0n) is 13.7. The van der Waals surface area contributed by atoms with Crippen molar-refractivity contribution in [2.24, 2.45) is 0 Å². The first-order valence-corrected chi connectivity index (χ1v) is 8.18. The second-order valence-electron chi connectivity index (χ2n) is 6.24. The van der Waals surface area contributed by atoms with Gasteiger partial charge in [-0.15, -0.1) is 0 Å². The van der Waals surface area contributed by atoms with Crippen molar-refractivity contribution < 1.29 is 9.90 Å². The summed E-state index contributed by atoms with van der Waals surface area (Å²) in [7, 11) is 0. The largest absolute Gasteiger partial charge is 0.390 e. The molecule has 1 heterocycles. The molecule has 25 heavy (non-hydrogen) atoms. The van der Waals surface area contributed by atoms with Crippen molar-refractivity contribution in [1.29, 1.82) is 0 Å². The van der Waals surface area contributed by atoms with Gasteiger partial charge in [-0.05, 0) is 30.2 Å². The summed E-state index contributed by atoms with van der Waals surface area (Å²) < 4.78 is 0. The van der Waals surface area contributed by atoms with Gasteiger partial charge in [0.05, 0.1) is 12.1 Å². The van der Waals surface area contributed by atoms with E-state index >= 15 is 0 Å². The minimum absolute atomic E-state index is 0.210. The van der Waals surface area contributed by atoms with Crippen LogP contribution in [0.3, 0.4) is 0 Å².